The predicted octanol–water partition coefficient (Wildman–Crippen LogP) is 6.70. The minimum atomic E-state index is -1.84. The van der Waals surface area contributed by atoms with Gasteiger partial charge in [-0.3, -0.25) is 0 Å². The second-order valence-corrected chi connectivity index (χ2v) is 23.7. The van der Waals surface area contributed by atoms with E-state index in [4.69, 9.17) is 42.6 Å². The maximum absolute atomic E-state index is 14.0. The Morgan fingerprint density at radius 2 is 1.09 bits per heavy atom. The minimum absolute atomic E-state index is 0.00375. The van der Waals surface area contributed by atoms with E-state index in [-0.39, 0.29) is 43.9 Å². The number of methoxy groups -OCH3 is 1. The maximum atomic E-state index is 14.0. The SMILES string of the molecule is CCC1=C/C=C/C(CC)C(C(C)C(O)CC2(OC)CC(OC3OC(C)C(O)C(O)C3O)C(CC)C(C)O2)OC(=O)/C=C/C(CC)=C/C=C/C(CC)C(C(C)C(O)CC2(O)CC(OC3CC(O)C(O)C(C)O3)C(CC)C(C)O2)OC(=O)C=C1. The number of ether oxygens (including phenoxy) is 9. The highest BCUT2D eigenvalue weighted by Crippen LogP contribution is 2.44. The lowest BCUT2D eigenvalue weighted by molar-refractivity contribution is -0.351. The van der Waals surface area contributed by atoms with E-state index in [1.807, 2.05) is 98.8 Å². The second kappa shape index (κ2) is 32.0. The molecule has 19 heteroatoms. The van der Waals surface area contributed by atoms with Crippen LogP contribution in [0.25, 0.3) is 0 Å². The molecule has 5 aliphatic heterocycles. The Bertz CT molecular complexity index is 2170. The zero-order valence-corrected chi connectivity index (χ0v) is 50.9. The summed E-state index contributed by atoms with van der Waals surface area (Å²) in [5.74, 6) is -6.99. The number of hydrogen-bond donors (Lipinski definition) is 8. The van der Waals surface area contributed by atoms with E-state index in [1.54, 1.807) is 32.9 Å². The third-order valence-electron chi connectivity index (χ3n) is 18.0. The molecule has 0 amide bonds. The first kappa shape index (κ1) is 69.6. The fourth-order valence-electron chi connectivity index (χ4n) is 12.6. The minimum Gasteiger partial charge on any atom is -0.458 e. The van der Waals surface area contributed by atoms with Gasteiger partial charge in [0, 0.05) is 86.9 Å². The monoisotopic (exact) mass is 1160 g/mol. The predicted molar refractivity (Wildman–Crippen MR) is 306 cm³/mol. The van der Waals surface area contributed by atoms with E-state index >= 15 is 0 Å². The molecule has 468 valence electrons. The van der Waals surface area contributed by atoms with Crippen LogP contribution < -0.4 is 0 Å². The van der Waals surface area contributed by atoms with E-state index in [0.29, 0.717) is 38.5 Å². The van der Waals surface area contributed by atoms with Crippen LogP contribution in [0, 0.1) is 35.5 Å². The number of allylic oxidation sites excluding steroid dienone is 8. The van der Waals surface area contributed by atoms with E-state index in [2.05, 4.69) is 0 Å². The Morgan fingerprint density at radius 1 is 0.598 bits per heavy atom. The van der Waals surface area contributed by atoms with Crippen LogP contribution in [-0.2, 0) is 52.2 Å². The molecule has 82 heavy (non-hydrogen) atoms. The molecule has 0 saturated carbocycles. The van der Waals surface area contributed by atoms with Gasteiger partial charge in [-0.05, 0) is 77.4 Å². The maximum Gasteiger partial charge on any atom is 0.331 e. The Hall–Kier alpha value is -3.22. The van der Waals surface area contributed by atoms with Crippen LogP contribution in [0.4, 0.5) is 0 Å². The molecule has 5 heterocycles. The van der Waals surface area contributed by atoms with Gasteiger partial charge in [-0.1, -0.05) is 104 Å². The van der Waals surface area contributed by atoms with Gasteiger partial charge in [0.1, 0.15) is 36.6 Å². The van der Waals surface area contributed by atoms with Crippen LogP contribution >= 0.6 is 0 Å². The Labute approximate surface area is 487 Å². The molecule has 0 aromatic carbocycles. The van der Waals surface area contributed by atoms with Crippen LogP contribution in [-0.4, -0.2) is 176 Å². The third kappa shape index (κ3) is 18.2. The van der Waals surface area contributed by atoms with E-state index in [1.165, 1.54) is 19.3 Å². The van der Waals surface area contributed by atoms with Crippen LogP contribution in [0.5, 0.6) is 0 Å². The van der Waals surface area contributed by atoms with Crippen molar-refractivity contribution in [3.63, 3.8) is 0 Å². The lowest BCUT2D eigenvalue weighted by Crippen LogP contribution is -2.60. The Balaban J connectivity index is 1.39. The highest BCUT2D eigenvalue weighted by Gasteiger charge is 2.52. The van der Waals surface area contributed by atoms with Gasteiger partial charge in [-0.15, -0.1) is 0 Å². The molecule has 5 rings (SSSR count). The summed E-state index contributed by atoms with van der Waals surface area (Å²) >= 11 is 0. The van der Waals surface area contributed by atoms with Gasteiger partial charge >= 0.3 is 11.9 Å². The fraction of sp³-hybridized carbons (Fsp3) is 0.778. The molecule has 4 saturated heterocycles. The van der Waals surface area contributed by atoms with Crippen molar-refractivity contribution in [2.75, 3.05) is 7.11 Å². The molecular weight excluding hydrogens is 1060 g/mol. The van der Waals surface area contributed by atoms with Crippen molar-refractivity contribution in [1.82, 2.24) is 0 Å². The van der Waals surface area contributed by atoms with Crippen LogP contribution in [0.15, 0.2) is 71.9 Å². The standard InChI is InChI=1S/C63H102O19/c1-14-41-22-20-24-43(16-3)59(35(7)48(65)31-62(73)33-50(45(18-5)37(9)81-62)77-54-30-47(64)55(69)39(11)75-54)79-52(67)28-26-42(15-2)23-21-25-44(17-4)60(80-53(68)29-27-41)36(8)49(66)32-63(74-13)34-51(46(19-6)38(10)82-63)78-61-58(72)57(71)56(70)40(12)76-61/h20-29,35-40,43-51,54-61,64-66,69-73H,14-19,30-34H2,1-13H3/b24-20+,25-21+,28-26?,29-27+,41-22+,42-23?. The quantitative estimate of drug-likeness (QED) is 0.0625. The van der Waals surface area contributed by atoms with Gasteiger partial charge in [-0.2, -0.15) is 0 Å². The molecular formula is C63H102O19. The molecule has 0 bridgehead atoms. The second-order valence-electron chi connectivity index (χ2n) is 23.7. The summed E-state index contributed by atoms with van der Waals surface area (Å²) in [4.78, 5) is 27.9. The lowest BCUT2D eigenvalue weighted by Gasteiger charge is -2.49. The highest BCUT2D eigenvalue weighted by molar-refractivity contribution is 5.83. The third-order valence-corrected chi connectivity index (χ3v) is 18.0. The number of rotatable bonds is 19. The normalized spacial score (nSPS) is 42.7. The molecule has 0 radical (unpaired) electrons. The number of carbonyl (C=O) groups excluding carboxylic acids is 2. The molecule has 5 aliphatic rings. The highest BCUT2D eigenvalue weighted by atomic mass is 16.7. The van der Waals surface area contributed by atoms with Crippen molar-refractivity contribution in [3.05, 3.63) is 71.9 Å². The zero-order chi connectivity index (χ0) is 60.8. The number of esters is 2. The van der Waals surface area contributed by atoms with Gasteiger partial charge in [-0.25, -0.2) is 9.59 Å². The molecule has 4 fully saturated rings. The van der Waals surface area contributed by atoms with E-state index < -0.39 is 151 Å². The number of aliphatic hydroxyl groups excluding tert-OH is 7. The molecule has 0 aliphatic carbocycles. The van der Waals surface area contributed by atoms with Crippen molar-refractivity contribution in [2.45, 2.75) is 269 Å². The average molecular weight is 1160 g/mol. The van der Waals surface area contributed by atoms with Crippen LogP contribution in [0.1, 0.15) is 154 Å². The van der Waals surface area contributed by atoms with E-state index in [9.17, 15) is 50.4 Å². The topological polar surface area (TPSA) is 279 Å². The first-order valence-electron chi connectivity index (χ1n) is 30.3. The summed E-state index contributed by atoms with van der Waals surface area (Å²) in [5.41, 5.74) is 1.56. The van der Waals surface area contributed by atoms with Crippen molar-refractivity contribution >= 4 is 11.9 Å². The van der Waals surface area contributed by atoms with E-state index in [0.717, 1.165) is 11.1 Å². The first-order chi connectivity index (χ1) is 38.8. The summed E-state index contributed by atoms with van der Waals surface area (Å²) in [7, 11) is 1.49. The van der Waals surface area contributed by atoms with Gasteiger partial charge in [0.05, 0.1) is 54.9 Å². The smallest absolute Gasteiger partial charge is 0.331 e. The fourth-order valence-corrected chi connectivity index (χ4v) is 12.6. The summed E-state index contributed by atoms with van der Waals surface area (Å²) in [6.07, 6.45) is 4.49. The number of aliphatic hydroxyl groups is 8. The summed E-state index contributed by atoms with van der Waals surface area (Å²) in [6, 6.07) is 0. The average Bonchev–Trinajstić information content (AvgIpc) is 3.64. The molecule has 8 N–H and O–H groups in total. The Morgan fingerprint density at radius 3 is 1.56 bits per heavy atom. The van der Waals surface area contributed by atoms with Crippen molar-refractivity contribution < 1.29 is 93.1 Å². The molecule has 19 nitrogen and oxygen atoms in total. The van der Waals surface area contributed by atoms with Crippen molar-refractivity contribution in [2.24, 2.45) is 35.5 Å². The number of cyclic esters (lactones) is 2. The largest absolute Gasteiger partial charge is 0.458 e. The molecule has 0 spiro atoms. The van der Waals surface area contributed by atoms with Gasteiger partial charge in [0.25, 0.3) is 0 Å². The van der Waals surface area contributed by atoms with Gasteiger partial charge < -0.3 is 83.5 Å². The molecule has 0 aromatic heterocycles. The first-order valence-corrected chi connectivity index (χ1v) is 30.3. The van der Waals surface area contributed by atoms with Gasteiger partial charge in [0.2, 0.25) is 0 Å². The van der Waals surface area contributed by atoms with Gasteiger partial charge in [0.15, 0.2) is 24.2 Å². The molecule has 25 atom stereocenters. The summed E-state index contributed by atoms with van der Waals surface area (Å²) in [5, 5.41) is 88.9. The lowest BCUT2D eigenvalue weighted by atomic mass is 9.80. The molecule has 0 aromatic rings. The van der Waals surface area contributed by atoms with Crippen LogP contribution in [0.3, 0.4) is 0 Å². The Kier molecular flexibility index (Phi) is 27.1. The molecule has 25 unspecified atom stereocenters. The number of carbonyl (C=O) groups is 2. The van der Waals surface area contributed by atoms with Crippen molar-refractivity contribution in [3.8, 4) is 0 Å². The van der Waals surface area contributed by atoms with Crippen molar-refractivity contribution in [1.29, 1.82) is 0 Å². The van der Waals surface area contributed by atoms with Crippen LogP contribution in [0.2, 0.25) is 0 Å². The zero-order valence-electron chi connectivity index (χ0n) is 50.9. The summed E-state index contributed by atoms with van der Waals surface area (Å²) < 4.78 is 56.1. The summed E-state index contributed by atoms with van der Waals surface area (Å²) in [6.45, 7) is 22.4. The number of hydrogen-bond acceptors (Lipinski definition) is 19.